The Kier molecular flexibility index (Phi) is 12.3. The first-order valence-corrected chi connectivity index (χ1v) is 24.2. The highest BCUT2D eigenvalue weighted by atomic mass is 28.4. The van der Waals surface area contributed by atoms with Crippen LogP contribution in [0.4, 0.5) is 11.4 Å². The highest BCUT2D eigenvalue weighted by Gasteiger charge is 2.48. The molecule has 0 aliphatic carbocycles. The summed E-state index contributed by atoms with van der Waals surface area (Å²) < 4.78 is 25.8. The first kappa shape index (κ1) is 44.6. The lowest BCUT2D eigenvalue weighted by molar-refractivity contribution is 0.0638. The van der Waals surface area contributed by atoms with E-state index in [0.717, 1.165) is 40.4 Å². The van der Waals surface area contributed by atoms with E-state index in [-0.39, 0.29) is 55.6 Å². The Balaban J connectivity index is 1.17. The van der Waals surface area contributed by atoms with Gasteiger partial charge in [-0.25, -0.2) is 0 Å². The molecule has 0 spiro atoms. The van der Waals surface area contributed by atoms with Gasteiger partial charge in [0.15, 0.2) is 19.8 Å². The van der Waals surface area contributed by atoms with Crippen LogP contribution >= 0.6 is 0 Å². The summed E-state index contributed by atoms with van der Waals surface area (Å²) in [4.78, 5) is 48.0. The molecular weight excluding hydrogens is 798 g/mol. The van der Waals surface area contributed by atoms with Crippen molar-refractivity contribution in [1.82, 2.24) is 9.80 Å². The van der Waals surface area contributed by atoms with E-state index in [1.54, 1.807) is 28.8 Å². The van der Waals surface area contributed by atoms with E-state index < -0.39 is 21.6 Å². The van der Waals surface area contributed by atoms with Gasteiger partial charge in [0.25, 0.3) is 11.8 Å². The Morgan fingerprint density at radius 2 is 1.44 bits per heavy atom. The number of carbonyl (C=O) groups is 3. The number of amides is 2. The molecule has 0 fully saturated rings. The van der Waals surface area contributed by atoms with Gasteiger partial charge in [0.05, 0.1) is 30.3 Å². The van der Waals surface area contributed by atoms with Gasteiger partial charge in [-0.05, 0) is 113 Å². The maximum absolute atomic E-state index is 14.3. The number of methoxy groups -OCH3 is 1. The molecular formula is C47H58B2N4O8Si. The molecule has 1 N–H and O–H groups in total. The summed E-state index contributed by atoms with van der Waals surface area (Å²) in [5.41, 5.74) is 7.23. The van der Waals surface area contributed by atoms with E-state index in [1.807, 2.05) is 80.0 Å². The quantitative estimate of drug-likeness (QED) is 0.112. The van der Waals surface area contributed by atoms with Crippen LogP contribution in [0.5, 0.6) is 17.2 Å². The van der Waals surface area contributed by atoms with Gasteiger partial charge in [-0.15, -0.1) is 6.42 Å². The fourth-order valence-corrected chi connectivity index (χ4v) is 10.2. The molecule has 4 aliphatic heterocycles. The van der Waals surface area contributed by atoms with Gasteiger partial charge in [-0.2, -0.15) is 0 Å². The van der Waals surface area contributed by atoms with Crippen molar-refractivity contribution >= 4 is 52.2 Å². The summed E-state index contributed by atoms with van der Waals surface area (Å²) in [5, 5.41) is 10.9. The highest BCUT2D eigenvalue weighted by molar-refractivity contribution is 6.74. The van der Waals surface area contributed by atoms with Crippen LogP contribution in [0.2, 0.25) is 25.0 Å². The summed E-state index contributed by atoms with van der Waals surface area (Å²) >= 11 is 0. The molecule has 0 saturated heterocycles. The lowest BCUT2D eigenvalue weighted by Gasteiger charge is -2.45. The van der Waals surface area contributed by atoms with Gasteiger partial charge in [0.1, 0.15) is 31.4 Å². The molecule has 3 aromatic carbocycles. The third-order valence-electron chi connectivity index (χ3n) is 13.1. The van der Waals surface area contributed by atoms with E-state index >= 15 is 0 Å². The van der Waals surface area contributed by atoms with Crippen LogP contribution in [0.3, 0.4) is 0 Å². The number of benzene rings is 3. The zero-order valence-corrected chi connectivity index (χ0v) is 38.9. The van der Waals surface area contributed by atoms with Crippen molar-refractivity contribution in [2.75, 3.05) is 16.7 Å². The summed E-state index contributed by atoms with van der Waals surface area (Å²) in [7, 11) is -1.69. The summed E-state index contributed by atoms with van der Waals surface area (Å²) in [6.07, 6.45) is 11.4. The Bertz CT molecular complexity index is 2410. The molecule has 2 amide bonds. The number of rotatable bonds is 12. The molecule has 4 aliphatic rings. The third kappa shape index (κ3) is 8.28. The van der Waals surface area contributed by atoms with Crippen molar-refractivity contribution in [2.45, 2.75) is 124 Å². The normalized spacial score (nSPS) is 20.8. The van der Waals surface area contributed by atoms with Gasteiger partial charge >= 0.3 is 14.5 Å². The largest absolute Gasteiger partial charge is 0.493 e. The van der Waals surface area contributed by atoms with E-state index in [4.69, 9.17) is 25.1 Å². The molecule has 4 heterocycles. The number of aryl methyl sites for hydroxylation is 1. The molecule has 0 bridgehead atoms. The average molecular weight is 857 g/mol. The fraction of sp³-hybridized carbons (Fsp3) is 0.426. The minimum absolute atomic E-state index is 0.0381. The molecule has 12 nitrogen and oxygen atoms in total. The smallest absolute Gasteiger partial charge is 0.409 e. The van der Waals surface area contributed by atoms with Crippen molar-refractivity contribution in [3.8, 4) is 29.6 Å². The van der Waals surface area contributed by atoms with Crippen LogP contribution in [-0.4, -0.2) is 87.1 Å². The second-order valence-electron chi connectivity index (χ2n) is 18.7. The second kappa shape index (κ2) is 17.0. The van der Waals surface area contributed by atoms with E-state index in [9.17, 15) is 19.4 Å². The minimum atomic E-state index is -2.38. The minimum Gasteiger partial charge on any atom is -0.493 e. The van der Waals surface area contributed by atoms with Gasteiger partial charge < -0.3 is 47.9 Å². The van der Waals surface area contributed by atoms with E-state index in [1.165, 1.54) is 7.11 Å². The maximum atomic E-state index is 14.3. The lowest BCUT2D eigenvalue weighted by atomic mass is 9.80. The predicted molar refractivity (Wildman–Crippen MR) is 248 cm³/mol. The van der Waals surface area contributed by atoms with Crippen LogP contribution in [0.1, 0.15) is 97.4 Å². The Morgan fingerprint density at radius 1 is 0.871 bits per heavy atom. The number of nitrogens with zero attached hydrogens (tertiary/aromatic N) is 4. The SMILES string of the molecule is C#Cc1cc(COc2cc3c(cc2C)C(=O)N2C=C(C)C[C@H]2[C@H](O[Si](C)(C)C(C)(C)C)N3BC=O)cc(COc2cc3c(cc2OC)C(=O)N2C=C(C)C[C@H]2[C@H](C)N3B(C)O)c1. The number of hydrogen-bond donors (Lipinski definition) is 1. The zero-order valence-electron chi connectivity index (χ0n) is 37.9. The summed E-state index contributed by atoms with van der Waals surface area (Å²) in [5.74, 6) is 3.80. The standard InChI is InChI=1S/C47H58B2N4O8Si/c1-13-32-17-33(19-34(18-32)26-60-43-22-39-36(20-42(43)58-10)45(56)50-23-28(2)14-37(50)31(5)53(39)49(9)57)25-59-41-21-38-35(16-30(41)4)44(55)51-24-29(3)15-40(51)46(52(38)48-27-54)61-62(11,12)47(6,7)8/h1,16-24,27,31,37,40,46,48,57H,14-15,25-26H2,2-12H3/t31-,37-,40-,46-/m0/s1. The molecule has 0 saturated carbocycles. The lowest BCUT2D eigenvalue weighted by Crippen LogP contribution is -2.57. The molecule has 0 unspecified atom stereocenters. The number of ether oxygens (including phenoxy) is 3. The Labute approximate surface area is 368 Å². The Hall–Kier alpha value is -5.42. The monoisotopic (exact) mass is 856 g/mol. The van der Waals surface area contributed by atoms with Crippen LogP contribution in [0, 0.1) is 19.3 Å². The topological polar surface area (TPSA) is 121 Å². The molecule has 15 heteroatoms. The number of anilines is 2. The molecule has 4 atom stereocenters. The summed E-state index contributed by atoms with van der Waals surface area (Å²) in [6.45, 7) is 20.8. The van der Waals surface area contributed by atoms with Crippen LogP contribution in [0.15, 0.2) is 66.0 Å². The second-order valence-corrected chi connectivity index (χ2v) is 23.5. The molecule has 3 aromatic rings. The first-order valence-electron chi connectivity index (χ1n) is 21.3. The third-order valence-corrected chi connectivity index (χ3v) is 17.6. The van der Waals surface area contributed by atoms with Crippen LogP contribution in [-0.2, 0) is 22.4 Å². The molecule has 7 rings (SSSR count). The average Bonchev–Trinajstić information content (AvgIpc) is 3.78. The number of fused-ring (bicyclic) bond motifs is 4. The number of carbonyl (C=O) groups excluding carboxylic acids is 3. The van der Waals surface area contributed by atoms with Gasteiger partial charge in [0.2, 0.25) is 0 Å². The van der Waals surface area contributed by atoms with Crippen molar-refractivity contribution < 1.29 is 38.0 Å². The maximum Gasteiger partial charge on any atom is 0.409 e. The Morgan fingerprint density at radius 3 is 2.00 bits per heavy atom. The highest BCUT2D eigenvalue weighted by Crippen LogP contribution is 2.45. The number of hydrogen-bond acceptors (Lipinski definition) is 10. The van der Waals surface area contributed by atoms with Gasteiger partial charge in [0, 0.05) is 47.5 Å². The molecule has 62 heavy (non-hydrogen) atoms. The fourth-order valence-electron chi connectivity index (χ4n) is 8.94. The van der Waals surface area contributed by atoms with Crippen LogP contribution in [0.25, 0.3) is 0 Å². The van der Waals surface area contributed by atoms with Gasteiger partial charge in [-0.3, -0.25) is 9.59 Å². The van der Waals surface area contributed by atoms with Crippen molar-refractivity contribution in [2.24, 2.45) is 0 Å². The molecule has 0 radical (unpaired) electrons. The van der Waals surface area contributed by atoms with Crippen molar-refractivity contribution in [1.29, 1.82) is 0 Å². The van der Waals surface area contributed by atoms with E-state index in [2.05, 4.69) is 39.8 Å². The van der Waals surface area contributed by atoms with Crippen molar-refractivity contribution in [3.05, 3.63) is 99.4 Å². The zero-order chi connectivity index (χ0) is 45.0. The molecule has 0 aromatic heterocycles. The molecule has 324 valence electrons. The predicted octanol–water partition coefficient (Wildman–Crippen LogP) is 7.41. The van der Waals surface area contributed by atoms with Crippen molar-refractivity contribution in [3.63, 3.8) is 0 Å². The van der Waals surface area contributed by atoms with Crippen LogP contribution < -0.4 is 23.8 Å². The van der Waals surface area contributed by atoms with Gasteiger partial charge in [-0.1, -0.05) is 37.8 Å². The summed E-state index contributed by atoms with van der Waals surface area (Å²) in [6, 6.07) is 12.3. The first-order chi connectivity index (χ1) is 29.3. The number of terminal acetylenes is 1. The van der Waals surface area contributed by atoms with E-state index in [0.29, 0.717) is 51.7 Å².